The topological polar surface area (TPSA) is 104 Å². The first kappa shape index (κ1) is 28.8. The monoisotopic (exact) mass is 531 g/mol. The van der Waals surface area contributed by atoms with Crippen molar-refractivity contribution in [3.05, 3.63) is 93.5 Å². The molecule has 0 heterocycles. The maximum Gasteiger partial charge on any atom is 1.00 e. The Bertz CT molecular complexity index is 1240. The first-order valence-electron chi connectivity index (χ1n) is 10.2. The second-order valence-corrected chi connectivity index (χ2v) is 10.3. The van der Waals surface area contributed by atoms with Gasteiger partial charge in [-0.15, -0.1) is 0 Å². The normalized spacial score (nSPS) is 12.1. The molecule has 3 aromatic rings. The molecular formula is C24H24Cl2NNaO5S. The van der Waals surface area contributed by atoms with Gasteiger partial charge in [0.05, 0.1) is 26.5 Å². The second-order valence-electron chi connectivity index (χ2n) is 7.47. The number of rotatable bonds is 10. The van der Waals surface area contributed by atoms with Gasteiger partial charge in [-0.2, -0.15) is 0 Å². The number of aliphatic hydroxyl groups excluding tert-OH is 1. The van der Waals surface area contributed by atoms with Crippen LogP contribution in [0.15, 0.2) is 76.5 Å². The molecule has 0 bridgehead atoms. The molecule has 176 valence electrons. The summed E-state index contributed by atoms with van der Waals surface area (Å²) in [5.41, 5.74) is 1.58. The smallest absolute Gasteiger partial charge is 1.00 e. The minimum Gasteiger partial charge on any atom is -1.00 e. The van der Waals surface area contributed by atoms with E-state index in [-0.39, 0.29) is 51.4 Å². The van der Waals surface area contributed by atoms with Crippen molar-refractivity contribution in [1.82, 2.24) is 5.32 Å². The quantitative estimate of drug-likeness (QED) is 0.272. The first-order chi connectivity index (χ1) is 15.7. The Balaban J connectivity index is 0.00000306. The Hall–Kier alpha value is -1.42. The van der Waals surface area contributed by atoms with Crippen LogP contribution in [0.1, 0.15) is 35.4 Å². The van der Waals surface area contributed by atoms with Gasteiger partial charge in [0.1, 0.15) is 0 Å². The van der Waals surface area contributed by atoms with E-state index in [1.807, 2.05) is 6.07 Å². The van der Waals surface area contributed by atoms with E-state index in [1.54, 1.807) is 30.3 Å². The third-order valence-electron chi connectivity index (χ3n) is 5.11. The summed E-state index contributed by atoms with van der Waals surface area (Å²) in [6.07, 6.45) is 0.895. The number of aromatic carboxylic acids is 1. The van der Waals surface area contributed by atoms with Crippen LogP contribution < -0.4 is 34.9 Å². The van der Waals surface area contributed by atoms with E-state index in [4.69, 9.17) is 28.3 Å². The Kier molecular flexibility index (Phi) is 11.1. The van der Waals surface area contributed by atoms with Gasteiger partial charge in [-0.25, -0.2) is 13.2 Å². The summed E-state index contributed by atoms with van der Waals surface area (Å²) in [5, 5.41) is 22.9. The average molecular weight is 532 g/mol. The van der Waals surface area contributed by atoms with Gasteiger partial charge in [0.15, 0.2) is 0 Å². The van der Waals surface area contributed by atoms with Crippen molar-refractivity contribution in [3.63, 3.8) is 0 Å². The first-order valence-corrected chi connectivity index (χ1v) is 12.4. The van der Waals surface area contributed by atoms with Crippen LogP contribution in [-0.2, 0) is 16.3 Å². The molecule has 0 unspecified atom stereocenters. The molecule has 0 amide bonds. The van der Waals surface area contributed by atoms with Crippen LogP contribution in [-0.4, -0.2) is 37.7 Å². The molecule has 34 heavy (non-hydrogen) atoms. The number of hydrogen-bond acceptors (Lipinski definition) is 5. The Morgan fingerprint density at radius 3 is 2.29 bits per heavy atom. The molecule has 3 rings (SSSR count). The number of nitrogens with one attached hydrogen (secondary N) is 1. The Morgan fingerprint density at radius 2 is 1.68 bits per heavy atom. The van der Waals surface area contributed by atoms with E-state index in [0.29, 0.717) is 18.1 Å². The predicted octanol–water partition coefficient (Wildman–Crippen LogP) is 1.90. The predicted molar refractivity (Wildman–Crippen MR) is 129 cm³/mol. The number of hydrogen-bond donors (Lipinski definition) is 3. The standard InChI is InChI=1S/C24H23Cl2NO5S.Na.H/c25-18-5-1-4-17(13-18)23(28)15-27-12-2-3-16-6-8-19(9-7-16)33(31,32)20-10-11-21(24(29)30)22(26)14-20;;/h1,4-11,13-14,23,27-28H,2-3,12,15H2,(H,29,30);;/q;+1;-1/t23-;;/m1../s1. The van der Waals surface area contributed by atoms with E-state index in [0.717, 1.165) is 30.0 Å². The molecule has 0 saturated heterocycles. The van der Waals surface area contributed by atoms with Crippen molar-refractivity contribution >= 4 is 39.0 Å². The third kappa shape index (κ3) is 7.54. The van der Waals surface area contributed by atoms with Gasteiger partial charge < -0.3 is 17.0 Å². The van der Waals surface area contributed by atoms with E-state index in [9.17, 15) is 18.3 Å². The fourth-order valence-electron chi connectivity index (χ4n) is 3.30. The number of aryl methyl sites for hydroxylation is 1. The molecule has 0 aromatic heterocycles. The van der Waals surface area contributed by atoms with Gasteiger partial charge in [-0.05, 0) is 73.0 Å². The fourth-order valence-corrected chi connectivity index (χ4v) is 5.11. The van der Waals surface area contributed by atoms with Crippen LogP contribution in [0.5, 0.6) is 0 Å². The Morgan fingerprint density at radius 1 is 1.00 bits per heavy atom. The second kappa shape index (κ2) is 13.0. The number of aliphatic hydroxyl groups is 1. The molecule has 6 nitrogen and oxygen atoms in total. The molecule has 3 N–H and O–H groups in total. The van der Waals surface area contributed by atoms with Crippen molar-refractivity contribution < 1.29 is 54.4 Å². The molecule has 0 fully saturated rings. The summed E-state index contributed by atoms with van der Waals surface area (Å²) in [7, 11) is -3.82. The summed E-state index contributed by atoms with van der Waals surface area (Å²) in [6.45, 7) is 1.09. The van der Waals surface area contributed by atoms with E-state index in [1.165, 1.54) is 24.3 Å². The van der Waals surface area contributed by atoms with Gasteiger partial charge in [-0.1, -0.05) is 47.5 Å². The van der Waals surface area contributed by atoms with Gasteiger partial charge in [0.2, 0.25) is 9.84 Å². The summed E-state index contributed by atoms with van der Waals surface area (Å²) in [6, 6.07) is 17.2. The molecule has 3 aromatic carbocycles. The zero-order chi connectivity index (χ0) is 24.0. The minimum atomic E-state index is -3.82. The SMILES string of the molecule is O=C(O)c1ccc(S(=O)(=O)c2ccc(CCCNC[C@@H](O)c3cccc(Cl)c3)cc2)cc1Cl.[H-].[Na+]. The fraction of sp³-hybridized carbons (Fsp3) is 0.208. The van der Waals surface area contributed by atoms with Crippen LogP contribution in [0.3, 0.4) is 0 Å². The van der Waals surface area contributed by atoms with Crippen molar-refractivity contribution in [2.75, 3.05) is 13.1 Å². The van der Waals surface area contributed by atoms with Gasteiger partial charge >= 0.3 is 35.5 Å². The molecule has 0 radical (unpaired) electrons. The van der Waals surface area contributed by atoms with E-state index in [2.05, 4.69) is 5.32 Å². The van der Waals surface area contributed by atoms with Crippen LogP contribution in [0, 0.1) is 0 Å². The van der Waals surface area contributed by atoms with Crippen molar-refractivity contribution in [1.29, 1.82) is 0 Å². The maximum absolute atomic E-state index is 12.8. The van der Waals surface area contributed by atoms with Crippen molar-refractivity contribution in [3.8, 4) is 0 Å². The number of sulfone groups is 1. The molecule has 0 aliphatic carbocycles. The zero-order valence-corrected chi connectivity index (χ0v) is 22.9. The van der Waals surface area contributed by atoms with Gasteiger partial charge in [0.25, 0.3) is 0 Å². The molecular weight excluding hydrogens is 508 g/mol. The molecule has 0 aliphatic rings. The van der Waals surface area contributed by atoms with Crippen molar-refractivity contribution in [2.45, 2.75) is 28.7 Å². The van der Waals surface area contributed by atoms with Crippen LogP contribution in [0.2, 0.25) is 10.0 Å². The largest absolute Gasteiger partial charge is 1.00 e. The Labute approximate surface area is 232 Å². The number of benzene rings is 3. The number of halogens is 2. The number of carboxylic acid groups (broad SMARTS) is 1. The number of carboxylic acids is 1. The maximum atomic E-state index is 12.8. The van der Waals surface area contributed by atoms with Crippen LogP contribution >= 0.6 is 23.2 Å². The van der Waals surface area contributed by atoms with Crippen LogP contribution in [0.4, 0.5) is 0 Å². The summed E-state index contributed by atoms with van der Waals surface area (Å²) < 4.78 is 25.7. The summed E-state index contributed by atoms with van der Waals surface area (Å²) >= 11 is 11.9. The van der Waals surface area contributed by atoms with Gasteiger partial charge in [-0.3, -0.25) is 0 Å². The van der Waals surface area contributed by atoms with Gasteiger partial charge in [0, 0.05) is 11.6 Å². The molecule has 1 atom stereocenters. The van der Waals surface area contributed by atoms with E-state index >= 15 is 0 Å². The molecule has 0 saturated carbocycles. The molecule has 10 heteroatoms. The third-order valence-corrected chi connectivity index (χ3v) is 7.42. The van der Waals surface area contributed by atoms with E-state index < -0.39 is 21.9 Å². The molecule has 0 spiro atoms. The van der Waals surface area contributed by atoms with Crippen molar-refractivity contribution in [2.24, 2.45) is 0 Å². The van der Waals surface area contributed by atoms with Crippen LogP contribution in [0.25, 0.3) is 0 Å². The summed E-state index contributed by atoms with van der Waals surface area (Å²) in [4.78, 5) is 11.1. The minimum absolute atomic E-state index is 0. The summed E-state index contributed by atoms with van der Waals surface area (Å²) in [5.74, 6) is -1.22. The average Bonchev–Trinajstić information content (AvgIpc) is 2.78. The number of carbonyl (C=O) groups is 1. The zero-order valence-electron chi connectivity index (χ0n) is 19.5. The molecule has 0 aliphatic heterocycles.